The van der Waals surface area contributed by atoms with Crippen LogP contribution in [0.4, 0.5) is 0 Å². The summed E-state index contributed by atoms with van der Waals surface area (Å²) in [6.07, 6.45) is 29.1. The Bertz CT molecular complexity index is 876. The molecule has 6 heteroatoms. The van der Waals surface area contributed by atoms with Crippen LogP contribution in [0.5, 0.6) is 0 Å². The molecule has 0 amide bonds. The first-order chi connectivity index (χ1) is 19.5. The molecule has 0 unspecified atom stereocenters. The lowest BCUT2D eigenvalue weighted by atomic mass is 9.48. The number of nitrogens with one attached hydrogen (secondary N) is 2. The molecule has 8 bridgehead atoms. The molecule has 0 aliphatic heterocycles. The van der Waals surface area contributed by atoms with Gasteiger partial charge in [-0.15, -0.1) is 0 Å². The lowest BCUT2D eigenvalue weighted by Gasteiger charge is -2.69. The number of guanidine groups is 2. The fraction of sp³-hybridized carbons (Fsp3) is 0.941. The summed E-state index contributed by atoms with van der Waals surface area (Å²) in [6, 6.07) is 0.800. The fourth-order valence-corrected chi connectivity index (χ4v) is 12.8. The Balaban J connectivity index is 1.15. The van der Waals surface area contributed by atoms with E-state index >= 15 is 0 Å². The molecule has 4 N–H and O–H groups in total. The zero-order chi connectivity index (χ0) is 26.9. The maximum atomic E-state index is 10.1. The van der Waals surface area contributed by atoms with Gasteiger partial charge in [0.15, 0.2) is 0 Å². The van der Waals surface area contributed by atoms with Crippen LogP contribution in [-0.2, 0) is 0 Å². The van der Waals surface area contributed by atoms with E-state index in [0.29, 0.717) is 18.0 Å². The molecule has 10 aliphatic rings. The minimum atomic E-state index is 0.149. The van der Waals surface area contributed by atoms with Crippen LogP contribution in [0.1, 0.15) is 141 Å². The summed E-state index contributed by atoms with van der Waals surface area (Å²) in [7, 11) is 0. The van der Waals surface area contributed by atoms with Gasteiger partial charge in [-0.05, 0) is 138 Å². The van der Waals surface area contributed by atoms with Crippen molar-refractivity contribution in [2.75, 3.05) is 0 Å². The molecule has 10 aliphatic carbocycles. The smallest absolute Gasteiger partial charge is 0.216 e. The van der Waals surface area contributed by atoms with Gasteiger partial charge in [0.1, 0.15) is 0 Å². The highest BCUT2D eigenvalue weighted by atomic mass is 15.6. The quantitative estimate of drug-likeness (QED) is 0.154. The van der Waals surface area contributed by atoms with E-state index < -0.39 is 0 Å². The van der Waals surface area contributed by atoms with Gasteiger partial charge in [-0.25, -0.2) is 15.8 Å². The third kappa shape index (κ3) is 4.61. The van der Waals surface area contributed by atoms with Crippen molar-refractivity contribution in [3.8, 4) is 0 Å². The van der Waals surface area contributed by atoms with Crippen molar-refractivity contribution in [3.63, 3.8) is 0 Å². The van der Waals surface area contributed by atoms with Crippen molar-refractivity contribution in [2.24, 2.45) is 46.3 Å². The highest BCUT2D eigenvalue weighted by Gasteiger charge is 2.63. The summed E-state index contributed by atoms with van der Waals surface area (Å²) in [6.45, 7) is 0. The van der Waals surface area contributed by atoms with Crippen LogP contribution in [0, 0.1) is 40.9 Å². The molecule has 0 aromatic carbocycles. The predicted molar refractivity (Wildman–Crippen MR) is 162 cm³/mol. The van der Waals surface area contributed by atoms with Crippen molar-refractivity contribution in [2.45, 2.75) is 164 Å². The SMILES string of the molecule is N=C(N(N)C(=NC1CCCCC1)NC1CCCCC1)N(C12CC3CC(CC(C3)C1)C2)C12CC3CC(CC(C3)C1)C2. The second-order valence-electron chi connectivity index (χ2n) is 16.5. The van der Waals surface area contributed by atoms with E-state index in [4.69, 9.17) is 10.8 Å². The maximum Gasteiger partial charge on any atom is 0.216 e. The summed E-state index contributed by atoms with van der Waals surface area (Å²) in [5.41, 5.74) is 0.297. The van der Waals surface area contributed by atoms with Crippen molar-refractivity contribution >= 4 is 11.9 Å². The molecule has 0 heterocycles. The third-order valence-corrected chi connectivity index (χ3v) is 13.4. The van der Waals surface area contributed by atoms with Gasteiger partial charge in [0.2, 0.25) is 11.9 Å². The van der Waals surface area contributed by atoms with Gasteiger partial charge in [-0.2, -0.15) is 0 Å². The zero-order valence-corrected chi connectivity index (χ0v) is 25.1. The minimum absolute atomic E-state index is 0.149. The minimum Gasteiger partial charge on any atom is -0.352 e. The Kier molecular flexibility index (Phi) is 6.69. The van der Waals surface area contributed by atoms with Crippen molar-refractivity contribution in [3.05, 3.63) is 0 Å². The maximum absolute atomic E-state index is 10.1. The van der Waals surface area contributed by atoms with Gasteiger partial charge >= 0.3 is 0 Å². The largest absolute Gasteiger partial charge is 0.352 e. The van der Waals surface area contributed by atoms with E-state index in [1.807, 2.05) is 0 Å². The van der Waals surface area contributed by atoms with E-state index in [0.717, 1.165) is 41.5 Å². The predicted octanol–water partition coefficient (Wildman–Crippen LogP) is 6.95. The van der Waals surface area contributed by atoms with Crippen molar-refractivity contribution in [1.82, 2.24) is 15.2 Å². The first-order valence-electron chi connectivity index (χ1n) is 17.7. The Morgan fingerprint density at radius 1 is 0.625 bits per heavy atom. The van der Waals surface area contributed by atoms with Gasteiger partial charge in [-0.1, -0.05) is 38.5 Å². The monoisotopic (exact) mass is 548 g/mol. The lowest BCUT2D eigenvalue weighted by molar-refractivity contribution is -0.149. The summed E-state index contributed by atoms with van der Waals surface area (Å²) in [5, 5.41) is 15.8. The van der Waals surface area contributed by atoms with Crippen LogP contribution in [0.15, 0.2) is 4.99 Å². The number of rotatable bonds is 4. The highest BCUT2D eigenvalue weighted by Crippen LogP contribution is 2.64. The molecule has 10 saturated carbocycles. The van der Waals surface area contributed by atoms with Crippen molar-refractivity contribution < 1.29 is 0 Å². The third-order valence-electron chi connectivity index (χ3n) is 13.4. The van der Waals surface area contributed by atoms with Crippen LogP contribution >= 0.6 is 0 Å². The van der Waals surface area contributed by atoms with E-state index in [9.17, 15) is 5.41 Å². The van der Waals surface area contributed by atoms with Crippen LogP contribution < -0.4 is 11.2 Å². The van der Waals surface area contributed by atoms with E-state index in [-0.39, 0.29) is 11.1 Å². The molecule has 0 saturated heterocycles. The number of nitrogens with zero attached hydrogens (tertiary/aromatic N) is 3. The number of aliphatic imine (C=N–C) groups is 1. The van der Waals surface area contributed by atoms with Crippen molar-refractivity contribution in [1.29, 1.82) is 5.41 Å². The molecule has 0 radical (unpaired) electrons. The molecule has 40 heavy (non-hydrogen) atoms. The van der Waals surface area contributed by atoms with Gasteiger partial charge in [0, 0.05) is 17.1 Å². The Labute approximate surface area is 243 Å². The molecule has 0 aromatic rings. The summed E-state index contributed by atoms with van der Waals surface area (Å²) in [4.78, 5) is 8.15. The normalized spacial score (nSPS) is 44.7. The van der Waals surface area contributed by atoms with Gasteiger partial charge in [-0.3, -0.25) is 5.41 Å². The van der Waals surface area contributed by atoms with E-state index in [1.54, 1.807) is 5.01 Å². The van der Waals surface area contributed by atoms with E-state index in [2.05, 4.69) is 10.2 Å². The first kappa shape index (κ1) is 26.3. The van der Waals surface area contributed by atoms with Crippen LogP contribution in [0.3, 0.4) is 0 Å². The molecule has 10 fully saturated rings. The molecule has 0 atom stereocenters. The Morgan fingerprint density at radius 3 is 1.45 bits per heavy atom. The van der Waals surface area contributed by atoms with Gasteiger partial charge < -0.3 is 10.2 Å². The van der Waals surface area contributed by atoms with Gasteiger partial charge in [0.25, 0.3) is 0 Å². The first-order valence-corrected chi connectivity index (χ1v) is 17.7. The average Bonchev–Trinajstić information content (AvgIpc) is 2.92. The molecule has 222 valence electrons. The Morgan fingerprint density at radius 2 is 1.02 bits per heavy atom. The topological polar surface area (TPSA) is 80.7 Å². The summed E-state index contributed by atoms with van der Waals surface area (Å²) < 4.78 is 0. The van der Waals surface area contributed by atoms with Crippen LogP contribution in [-0.4, -0.2) is 45.0 Å². The number of nitrogens with two attached hydrogens (primary N) is 1. The molecule has 10 rings (SSSR count). The average molecular weight is 549 g/mol. The van der Waals surface area contributed by atoms with E-state index in [1.165, 1.54) is 141 Å². The van der Waals surface area contributed by atoms with Gasteiger partial charge in [0.05, 0.1) is 6.04 Å². The van der Waals surface area contributed by atoms with Crippen LogP contribution in [0.2, 0.25) is 0 Å². The summed E-state index contributed by atoms with van der Waals surface area (Å²) in [5.74, 6) is 13.9. The van der Waals surface area contributed by atoms with Crippen LogP contribution in [0.25, 0.3) is 0 Å². The number of hydrogen-bond donors (Lipinski definition) is 3. The Hall–Kier alpha value is -1.30. The number of hydrazine groups is 1. The standard InChI is InChI=1S/C34H56N6/c35-31(39(36)32(37-29-7-3-1-4-8-29)38-30-9-5-2-6-10-30)40(33-17-23-11-24(18-33)13-25(12-23)19-33)34-20-26-14-27(21-34)16-28(15-26)22-34/h23-30,35H,1-22,36H2,(H,37,38). The fourth-order valence-electron chi connectivity index (χ4n) is 12.8. The second-order valence-corrected chi connectivity index (χ2v) is 16.5. The zero-order valence-electron chi connectivity index (χ0n) is 25.1. The summed E-state index contributed by atoms with van der Waals surface area (Å²) >= 11 is 0. The molecule has 0 spiro atoms. The molecular formula is C34H56N6. The lowest BCUT2D eigenvalue weighted by Crippen LogP contribution is -2.74. The second kappa shape index (κ2) is 10.2. The molecule has 6 nitrogen and oxygen atoms in total. The molecular weight excluding hydrogens is 492 g/mol. The number of hydrogen-bond acceptors (Lipinski definition) is 3. The molecule has 0 aromatic heterocycles. The highest BCUT2D eigenvalue weighted by molar-refractivity contribution is 5.97.